The van der Waals surface area contributed by atoms with E-state index in [1.54, 1.807) is 20.8 Å². The fraction of sp³-hybridized carbons (Fsp3) is 0.732. The van der Waals surface area contributed by atoms with Crippen LogP contribution in [0.1, 0.15) is 87.1 Å². The number of aliphatic imine (C=N–C) groups is 1. The number of nitrogens with zero attached hydrogens (tertiary/aromatic N) is 3. The lowest BCUT2D eigenvalue weighted by Gasteiger charge is -2.47. The Hall–Kier alpha value is -3.11. The molecule has 3 aliphatic rings. The molecule has 3 saturated heterocycles. The molecule has 0 spiro atoms. The molecule has 2 bridgehead atoms. The maximum atomic E-state index is 14.4. The van der Waals surface area contributed by atoms with Crippen LogP contribution in [-0.2, 0) is 49.5 Å². The summed E-state index contributed by atoms with van der Waals surface area (Å²) in [6.45, 7) is 15.0. The lowest BCUT2D eigenvalue weighted by molar-refractivity contribution is -0.296. The van der Waals surface area contributed by atoms with Gasteiger partial charge in [-0.2, -0.15) is 0 Å². The Balaban J connectivity index is 1.94. The molecule has 3 heterocycles. The number of aliphatic hydroxyl groups is 2. The molecule has 3 aliphatic heterocycles. The number of Topliss-reactive ketones (excluding diaryl/α,β-unsaturated/α-hetero) is 1. The van der Waals surface area contributed by atoms with E-state index in [2.05, 4.69) is 10.1 Å². The third-order valence-corrected chi connectivity index (χ3v) is 11.4. The van der Waals surface area contributed by atoms with Gasteiger partial charge >= 0.3 is 5.97 Å². The van der Waals surface area contributed by atoms with Crippen LogP contribution in [0, 0.1) is 23.7 Å². The van der Waals surface area contributed by atoms with Gasteiger partial charge < -0.3 is 43.6 Å². The molecule has 1 amide bonds. The molecule has 0 radical (unpaired) electrons. The second-order valence-electron chi connectivity index (χ2n) is 16.3. The van der Waals surface area contributed by atoms with Crippen LogP contribution in [0.2, 0.25) is 0 Å². The van der Waals surface area contributed by atoms with Crippen molar-refractivity contribution in [3.05, 3.63) is 35.9 Å². The van der Waals surface area contributed by atoms with E-state index in [9.17, 15) is 24.6 Å². The van der Waals surface area contributed by atoms with E-state index < -0.39 is 83.2 Å². The number of ether oxygens (including phenoxy) is 5. The predicted octanol–water partition coefficient (Wildman–Crippen LogP) is 4.12. The number of hydrogen-bond acceptors (Lipinski definition) is 13. The normalized spacial score (nSPS) is 39.9. The van der Waals surface area contributed by atoms with Crippen LogP contribution in [-0.4, -0.2) is 126 Å². The molecule has 1 aromatic carbocycles. The molecule has 1 unspecified atom stereocenters. The average molecular weight is 774 g/mol. The van der Waals surface area contributed by atoms with E-state index in [-0.39, 0.29) is 44.8 Å². The molecular weight excluding hydrogens is 710 g/mol. The first kappa shape index (κ1) is 44.6. The van der Waals surface area contributed by atoms with Crippen LogP contribution in [0.3, 0.4) is 0 Å². The fourth-order valence-electron chi connectivity index (χ4n) is 8.38. The number of amides is 1. The summed E-state index contributed by atoms with van der Waals surface area (Å²) in [6, 6.07) is 9.21. The third-order valence-electron chi connectivity index (χ3n) is 11.4. The molecule has 4 rings (SSSR count). The van der Waals surface area contributed by atoms with E-state index in [1.807, 2.05) is 70.1 Å². The van der Waals surface area contributed by atoms with Crippen LogP contribution in [0.5, 0.6) is 0 Å². The Morgan fingerprint density at radius 2 is 1.71 bits per heavy atom. The third kappa shape index (κ3) is 10.6. The molecule has 3 fully saturated rings. The number of rotatable bonds is 7. The second-order valence-corrected chi connectivity index (χ2v) is 16.3. The van der Waals surface area contributed by atoms with E-state index in [0.717, 1.165) is 5.56 Å². The average Bonchev–Trinajstić information content (AvgIpc) is 3.14. The zero-order valence-corrected chi connectivity index (χ0v) is 34.4. The monoisotopic (exact) mass is 773 g/mol. The van der Waals surface area contributed by atoms with Gasteiger partial charge in [-0.25, -0.2) is 4.99 Å². The van der Waals surface area contributed by atoms with Crippen LogP contribution in [0.15, 0.2) is 40.5 Å². The molecule has 13 atom stereocenters. The van der Waals surface area contributed by atoms with Gasteiger partial charge in [-0.3, -0.25) is 14.4 Å². The van der Waals surface area contributed by atoms with Gasteiger partial charge in [0, 0.05) is 30.5 Å². The van der Waals surface area contributed by atoms with Crippen molar-refractivity contribution in [2.45, 2.75) is 142 Å². The van der Waals surface area contributed by atoms with Crippen LogP contribution < -0.4 is 0 Å². The van der Waals surface area contributed by atoms with E-state index in [4.69, 9.17) is 28.5 Å². The van der Waals surface area contributed by atoms with Crippen molar-refractivity contribution >= 4 is 29.1 Å². The minimum atomic E-state index is -1.83. The van der Waals surface area contributed by atoms with Gasteiger partial charge in [-0.1, -0.05) is 63.2 Å². The Morgan fingerprint density at radius 3 is 2.33 bits per heavy atom. The van der Waals surface area contributed by atoms with Gasteiger partial charge in [0.2, 0.25) is 5.91 Å². The maximum absolute atomic E-state index is 14.4. The summed E-state index contributed by atoms with van der Waals surface area (Å²) in [7, 11) is 3.74. The fourth-order valence-corrected chi connectivity index (χ4v) is 8.38. The van der Waals surface area contributed by atoms with Crippen molar-refractivity contribution < 1.29 is 53.1 Å². The number of oxime groups is 1. The molecule has 14 heteroatoms. The maximum Gasteiger partial charge on any atom is 0.316 e. The lowest BCUT2D eigenvalue weighted by Crippen LogP contribution is -2.60. The van der Waals surface area contributed by atoms with Gasteiger partial charge in [0.25, 0.3) is 0 Å². The summed E-state index contributed by atoms with van der Waals surface area (Å²) in [5.74, 6) is -5.21. The van der Waals surface area contributed by atoms with E-state index in [1.165, 1.54) is 20.8 Å². The van der Waals surface area contributed by atoms with Crippen LogP contribution in [0.25, 0.3) is 0 Å². The molecule has 2 N–H and O–H groups in total. The van der Waals surface area contributed by atoms with E-state index in [0.29, 0.717) is 17.8 Å². The first-order chi connectivity index (χ1) is 25.8. The molecule has 14 nitrogen and oxygen atoms in total. The topological polar surface area (TPSA) is 175 Å². The van der Waals surface area contributed by atoms with Gasteiger partial charge in [0.05, 0.1) is 37.1 Å². The molecule has 1 aromatic rings. The van der Waals surface area contributed by atoms with Gasteiger partial charge in [-0.05, 0) is 72.5 Å². The second kappa shape index (κ2) is 18.9. The Morgan fingerprint density at radius 1 is 1.04 bits per heavy atom. The summed E-state index contributed by atoms with van der Waals surface area (Å²) >= 11 is 0. The number of carbonyl (C=O) groups excluding carboxylic acids is 3. The number of carbonyl (C=O) groups is 3. The summed E-state index contributed by atoms with van der Waals surface area (Å²) in [4.78, 5) is 53.2. The molecule has 0 saturated carbocycles. The SMILES string of the molecule is CC[C@H]1OC(=O)[C@H](C)C(=O)[C@H](C)[C@@H](O[C@@H]2O[C@H](C)C[C@H](N(C)C)[C@H]2O)C2(C)C[C@@H](C)C(=NC(C)=O)[C@H](C)[C@@H](OC/C(=N/OCc3ccccc3)CO2)[C@]1(C)O. The predicted molar refractivity (Wildman–Crippen MR) is 205 cm³/mol. The van der Waals surface area contributed by atoms with Crippen molar-refractivity contribution in [3.8, 4) is 0 Å². The molecule has 308 valence electrons. The highest BCUT2D eigenvalue weighted by atomic mass is 16.7. The highest BCUT2D eigenvalue weighted by Gasteiger charge is 2.53. The first-order valence-corrected chi connectivity index (χ1v) is 19.5. The van der Waals surface area contributed by atoms with Crippen molar-refractivity contribution in [2.24, 2.45) is 33.8 Å². The van der Waals surface area contributed by atoms with Crippen molar-refractivity contribution in [1.82, 2.24) is 4.90 Å². The standard InChI is InChI=1S/C41H63N3O11/c1-12-32-41(9,49)37-25(4)33(42-28(7)45)23(2)19-40(8,51-22-30(21-50-37)43-52-20-29-16-14-13-15-17-29)36(26(5)34(46)27(6)38(48)54-32)55-39-35(47)31(44(10)11)18-24(3)53-39/h13-17,23-27,31-32,35-37,39,47,49H,12,18-22H2,1-11H3/b42-33?,43-30-/t23-,24-,25+,26+,27-,31+,32-,35-,36-,37-,39+,40?,41-/m1/s1. The Labute approximate surface area is 325 Å². The first-order valence-electron chi connectivity index (χ1n) is 19.5. The highest BCUT2D eigenvalue weighted by Crippen LogP contribution is 2.40. The summed E-state index contributed by atoms with van der Waals surface area (Å²) in [5, 5.41) is 28.4. The quantitative estimate of drug-likeness (QED) is 0.231. The van der Waals surface area contributed by atoms with Crippen LogP contribution >= 0.6 is 0 Å². The summed E-state index contributed by atoms with van der Waals surface area (Å²) in [6.07, 6.45) is -4.95. The van der Waals surface area contributed by atoms with Crippen LogP contribution in [0.4, 0.5) is 0 Å². The number of esters is 1. The zero-order chi connectivity index (χ0) is 40.8. The van der Waals surface area contributed by atoms with Gasteiger partial charge in [-0.15, -0.1) is 0 Å². The Bertz CT molecular complexity index is 1530. The molecule has 0 aromatic heterocycles. The molecule has 55 heavy (non-hydrogen) atoms. The van der Waals surface area contributed by atoms with Gasteiger partial charge in [0.1, 0.15) is 36.0 Å². The van der Waals surface area contributed by atoms with Crippen molar-refractivity contribution in [2.75, 3.05) is 27.3 Å². The smallest absolute Gasteiger partial charge is 0.316 e. The highest BCUT2D eigenvalue weighted by molar-refractivity contribution is 6.00. The number of likely N-dealkylation sites (N-methyl/N-ethyl adjacent to an activating group) is 1. The van der Waals surface area contributed by atoms with Crippen molar-refractivity contribution in [3.63, 3.8) is 0 Å². The minimum absolute atomic E-state index is 0.145. The number of aliphatic hydroxyl groups excluding tert-OH is 1. The number of ketones is 1. The van der Waals surface area contributed by atoms with Crippen molar-refractivity contribution in [1.29, 1.82) is 0 Å². The minimum Gasteiger partial charge on any atom is -0.459 e. The number of hydrogen-bond donors (Lipinski definition) is 2. The zero-order valence-electron chi connectivity index (χ0n) is 34.4. The van der Waals surface area contributed by atoms with Gasteiger partial charge in [0.15, 0.2) is 12.1 Å². The molecule has 0 aliphatic carbocycles. The number of benzene rings is 1. The summed E-state index contributed by atoms with van der Waals surface area (Å²) in [5.41, 5.74) is -1.55. The Kier molecular flexibility index (Phi) is 15.3. The number of fused-ring (bicyclic) bond motifs is 5. The molecular formula is C41H63N3O11. The summed E-state index contributed by atoms with van der Waals surface area (Å²) < 4.78 is 32.3. The van der Waals surface area contributed by atoms with E-state index >= 15 is 0 Å². The largest absolute Gasteiger partial charge is 0.459 e. The number of cyclic esters (lactones) is 1. The lowest BCUT2D eigenvalue weighted by atomic mass is 9.73.